The molecule has 0 aromatic carbocycles. The van der Waals surface area contributed by atoms with Crippen molar-refractivity contribution in [3.63, 3.8) is 0 Å². The van der Waals surface area contributed by atoms with Crippen molar-refractivity contribution in [2.75, 3.05) is 19.8 Å². The molecule has 1 aromatic heterocycles. The summed E-state index contributed by atoms with van der Waals surface area (Å²) in [5.74, 6) is -0.627. The van der Waals surface area contributed by atoms with Gasteiger partial charge < -0.3 is 9.64 Å². The van der Waals surface area contributed by atoms with Crippen LogP contribution in [0.15, 0.2) is 0 Å². The Balaban J connectivity index is 2.25. The maximum Gasteiger partial charge on any atom is 0.408 e. The van der Waals surface area contributed by atoms with Crippen LogP contribution < -0.4 is 0 Å². The van der Waals surface area contributed by atoms with E-state index in [4.69, 9.17) is 4.74 Å². The van der Waals surface area contributed by atoms with E-state index in [1.165, 1.54) is 0 Å². The first kappa shape index (κ1) is 18.8. The number of alkyl halides is 3. The smallest absolute Gasteiger partial charge is 0.380 e. The van der Waals surface area contributed by atoms with Crippen LogP contribution in [0.3, 0.4) is 0 Å². The molecule has 8 heteroatoms. The predicted molar refractivity (Wildman–Crippen MR) is 82.8 cm³/mol. The van der Waals surface area contributed by atoms with Crippen LogP contribution in [0.5, 0.6) is 0 Å². The minimum atomic E-state index is -4.34. The standard InChI is InChI=1S/C16H24F3N3O2/c1-10-5-7-24-8-6-21(10)15(23)11(2)14-12(3)20-22(13(14)4)9-16(17,18)19/h10-11H,5-9H2,1-4H3/t10-,11+/m0/s1. The molecule has 0 aliphatic carbocycles. The number of nitrogens with zero attached hydrogens (tertiary/aromatic N) is 3. The van der Waals surface area contributed by atoms with Crippen LogP contribution in [0, 0.1) is 13.8 Å². The fourth-order valence-corrected chi connectivity index (χ4v) is 3.26. The van der Waals surface area contributed by atoms with Crippen LogP contribution in [0.1, 0.15) is 43.1 Å². The van der Waals surface area contributed by atoms with Gasteiger partial charge in [0.2, 0.25) is 5.91 Å². The molecule has 136 valence electrons. The lowest BCUT2D eigenvalue weighted by Crippen LogP contribution is -2.41. The molecule has 0 saturated carbocycles. The lowest BCUT2D eigenvalue weighted by atomic mass is 9.96. The minimum Gasteiger partial charge on any atom is -0.380 e. The average molecular weight is 347 g/mol. The van der Waals surface area contributed by atoms with Crippen molar-refractivity contribution in [3.8, 4) is 0 Å². The minimum absolute atomic E-state index is 0.0493. The number of ether oxygens (including phenoxy) is 1. The summed E-state index contributed by atoms with van der Waals surface area (Å²) in [6, 6.07) is 0.0493. The lowest BCUT2D eigenvalue weighted by molar-refractivity contribution is -0.143. The maximum atomic E-state index is 12.9. The number of carbonyl (C=O) groups is 1. The largest absolute Gasteiger partial charge is 0.408 e. The molecule has 0 N–H and O–H groups in total. The molecule has 1 fully saturated rings. The Morgan fingerprint density at radius 3 is 2.67 bits per heavy atom. The molecule has 1 aliphatic rings. The Labute approximate surface area is 139 Å². The monoisotopic (exact) mass is 347 g/mol. The van der Waals surface area contributed by atoms with Gasteiger partial charge in [0, 0.05) is 30.5 Å². The number of hydrogen-bond donors (Lipinski definition) is 0. The normalized spacial score (nSPS) is 20.8. The molecule has 1 amide bonds. The topological polar surface area (TPSA) is 47.4 Å². The number of aromatic nitrogens is 2. The Bertz CT molecular complexity index is 598. The molecule has 0 spiro atoms. The summed E-state index contributed by atoms with van der Waals surface area (Å²) in [6.07, 6.45) is -3.59. The van der Waals surface area contributed by atoms with E-state index in [1.807, 2.05) is 6.92 Å². The van der Waals surface area contributed by atoms with Gasteiger partial charge in [0.05, 0.1) is 18.2 Å². The Morgan fingerprint density at radius 1 is 1.38 bits per heavy atom. The second-order valence-corrected chi connectivity index (χ2v) is 6.36. The fourth-order valence-electron chi connectivity index (χ4n) is 3.26. The number of hydrogen-bond acceptors (Lipinski definition) is 3. The first-order valence-corrected chi connectivity index (χ1v) is 8.10. The number of aryl methyl sites for hydroxylation is 1. The number of rotatable bonds is 3. The summed E-state index contributed by atoms with van der Waals surface area (Å²) in [5, 5.41) is 3.98. The highest BCUT2D eigenvalue weighted by atomic mass is 19.4. The molecule has 0 unspecified atom stereocenters. The molecule has 2 rings (SSSR count). The summed E-state index contributed by atoms with van der Waals surface area (Å²) in [6.45, 7) is 7.37. The quantitative estimate of drug-likeness (QED) is 0.845. The van der Waals surface area contributed by atoms with Crippen LogP contribution in [0.2, 0.25) is 0 Å². The van der Waals surface area contributed by atoms with Crippen LogP contribution >= 0.6 is 0 Å². The number of halogens is 3. The average Bonchev–Trinajstić information content (AvgIpc) is 2.64. The molecular weight excluding hydrogens is 323 g/mol. The van der Waals surface area contributed by atoms with E-state index in [1.54, 1.807) is 25.7 Å². The zero-order chi connectivity index (χ0) is 18.1. The van der Waals surface area contributed by atoms with E-state index in [0.717, 1.165) is 11.1 Å². The molecule has 0 radical (unpaired) electrons. The van der Waals surface area contributed by atoms with Gasteiger partial charge in [-0.2, -0.15) is 18.3 Å². The van der Waals surface area contributed by atoms with Crippen LogP contribution in [0.25, 0.3) is 0 Å². The van der Waals surface area contributed by atoms with Gasteiger partial charge in [0.1, 0.15) is 6.54 Å². The van der Waals surface area contributed by atoms with E-state index in [0.29, 0.717) is 36.7 Å². The van der Waals surface area contributed by atoms with Crippen molar-refractivity contribution in [2.45, 2.75) is 58.8 Å². The highest BCUT2D eigenvalue weighted by Gasteiger charge is 2.33. The summed E-state index contributed by atoms with van der Waals surface area (Å²) in [4.78, 5) is 14.6. The van der Waals surface area contributed by atoms with Gasteiger partial charge in [0.25, 0.3) is 0 Å². The van der Waals surface area contributed by atoms with Crippen molar-refractivity contribution in [2.24, 2.45) is 0 Å². The van der Waals surface area contributed by atoms with Crippen molar-refractivity contribution < 1.29 is 22.7 Å². The highest BCUT2D eigenvalue weighted by Crippen LogP contribution is 2.28. The molecular formula is C16H24F3N3O2. The van der Waals surface area contributed by atoms with E-state index < -0.39 is 18.6 Å². The van der Waals surface area contributed by atoms with Crippen molar-refractivity contribution in [1.82, 2.24) is 14.7 Å². The van der Waals surface area contributed by atoms with Crippen LogP contribution in [-0.4, -0.2) is 52.6 Å². The number of amides is 1. The molecule has 2 heterocycles. The highest BCUT2D eigenvalue weighted by molar-refractivity contribution is 5.84. The second-order valence-electron chi connectivity index (χ2n) is 6.36. The van der Waals surface area contributed by atoms with Crippen LogP contribution in [-0.2, 0) is 16.1 Å². The Kier molecular flexibility index (Phi) is 5.57. The number of carbonyl (C=O) groups excluding carboxylic acids is 1. The summed E-state index contributed by atoms with van der Waals surface area (Å²) in [5.41, 5.74) is 1.45. The van der Waals surface area contributed by atoms with Gasteiger partial charge in [-0.1, -0.05) is 0 Å². The molecule has 24 heavy (non-hydrogen) atoms. The zero-order valence-electron chi connectivity index (χ0n) is 14.5. The molecule has 0 bridgehead atoms. The van der Waals surface area contributed by atoms with E-state index >= 15 is 0 Å². The van der Waals surface area contributed by atoms with Gasteiger partial charge in [-0.05, 0) is 34.1 Å². The predicted octanol–water partition coefficient (Wildman–Crippen LogP) is 2.80. The first-order chi connectivity index (χ1) is 11.1. The van der Waals surface area contributed by atoms with Gasteiger partial charge in [-0.25, -0.2) is 0 Å². The van der Waals surface area contributed by atoms with E-state index in [2.05, 4.69) is 5.10 Å². The first-order valence-electron chi connectivity index (χ1n) is 8.10. The van der Waals surface area contributed by atoms with Gasteiger partial charge in [-0.3, -0.25) is 9.48 Å². The van der Waals surface area contributed by atoms with Gasteiger partial charge in [0.15, 0.2) is 0 Å². The van der Waals surface area contributed by atoms with Gasteiger partial charge in [-0.15, -0.1) is 0 Å². The maximum absolute atomic E-state index is 12.9. The third-order valence-electron chi connectivity index (χ3n) is 4.54. The molecule has 2 atom stereocenters. The third kappa shape index (κ3) is 4.09. The molecule has 1 aromatic rings. The summed E-state index contributed by atoms with van der Waals surface area (Å²) in [7, 11) is 0. The lowest BCUT2D eigenvalue weighted by Gasteiger charge is -2.29. The van der Waals surface area contributed by atoms with Gasteiger partial charge >= 0.3 is 6.18 Å². The Morgan fingerprint density at radius 2 is 2.04 bits per heavy atom. The van der Waals surface area contributed by atoms with E-state index in [9.17, 15) is 18.0 Å². The Hall–Kier alpha value is -1.57. The third-order valence-corrected chi connectivity index (χ3v) is 4.54. The van der Waals surface area contributed by atoms with E-state index in [-0.39, 0.29) is 11.9 Å². The summed E-state index contributed by atoms with van der Waals surface area (Å²) < 4.78 is 44.3. The van der Waals surface area contributed by atoms with Crippen LogP contribution in [0.4, 0.5) is 13.2 Å². The second kappa shape index (κ2) is 7.13. The van der Waals surface area contributed by atoms with Crippen molar-refractivity contribution in [1.29, 1.82) is 0 Å². The molecule has 5 nitrogen and oxygen atoms in total. The van der Waals surface area contributed by atoms with Crippen molar-refractivity contribution >= 4 is 5.91 Å². The fraction of sp³-hybridized carbons (Fsp3) is 0.750. The molecule has 1 aliphatic heterocycles. The van der Waals surface area contributed by atoms with Crippen molar-refractivity contribution in [3.05, 3.63) is 17.0 Å². The SMILES string of the molecule is Cc1nn(CC(F)(F)F)c(C)c1[C@@H](C)C(=O)N1CCOCC[C@@H]1C. The summed E-state index contributed by atoms with van der Waals surface area (Å²) >= 11 is 0. The molecule has 1 saturated heterocycles. The zero-order valence-corrected chi connectivity index (χ0v) is 14.5.